The first-order valence-corrected chi connectivity index (χ1v) is 6.28. The number of ether oxygens (including phenoxy) is 1. The van der Waals surface area contributed by atoms with Gasteiger partial charge in [0.2, 0.25) is 0 Å². The minimum Gasteiger partial charge on any atom is -0.496 e. The van der Waals surface area contributed by atoms with Crippen LogP contribution in [0, 0.1) is 0 Å². The first kappa shape index (κ1) is 12.4. The highest BCUT2D eigenvalue weighted by Crippen LogP contribution is 2.28. The number of aldehydes is 1. The summed E-state index contributed by atoms with van der Waals surface area (Å²) in [5.41, 5.74) is 2.19. The number of hydrogen-bond donors (Lipinski definition) is 1. The quantitative estimate of drug-likeness (QED) is 0.664. The van der Waals surface area contributed by atoms with Crippen LogP contribution in [-0.2, 0) is 4.79 Å². The number of carbonyl (C=O) groups is 1. The van der Waals surface area contributed by atoms with Gasteiger partial charge in [0.15, 0.2) is 6.29 Å². The molecule has 5 heteroatoms. The molecule has 0 fully saturated rings. The van der Waals surface area contributed by atoms with Crippen LogP contribution in [0.5, 0.6) is 5.75 Å². The molecule has 1 aromatic heterocycles. The summed E-state index contributed by atoms with van der Waals surface area (Å²) >= 11 is 1.47. The molecule has 4 nitrogen and oxygen atoms in total. The zero-order valence-electron chi connectivity index (χ0n) is 10.2. The molecule has 0 aliphatic heterocycles. The molecule has 0 atom stereocenters. The maximum Gasteiger partial charge on any atom is 0.169 e. The van der Waals surface area contributed by atoms with Gasteiger partial charge in [-0.2, -0.15) is 0 Å². The van der Waals surface area contributed by atoms with E-state index in [4.69, 9.17) is 4.74 Å². The second-order valence-electron chi connectivity index (χ2n) is 3.54. The molecule has 1 heterocycles. The fourth-order valence-corrected chi connectivity index (χ4v) is 2.22. The van der Waals surface area contributed by atoms with Crippen molar-refractivity contribution in [2.75, 3.05) is 14.2 Å². The Kier molecular flexibility index (Phi) is 3.84. The van der Waals surface area contributed by atoms with Gasteiger partial charge in [0.05, 0.1) is 12.8 Å². The molecule has 0 saturated carbocycles. The summed E-state index contributed by atoms with van der Waals surface area (Å²) < 4.78 is 7.13. The van der Waals surface area contributed by atoms with Crippen LogP contribution < -0.4 is 10.1 Å². The molecule has 1 aromatic carbocycles. The van der Waals surface area contributed by atoms with Crippen molar-refractivity contribution in [2.24, 2.45) is 0 Å². The van der Waals surface area contributed by atoms with E-state index in [1.807, 2.05) is 39.8 Å². The number of nitrogens with zero attached hydrogens (tertiary/aromatic N) is 1. The molecule has 0 amide bonds. The highest BCUT2D eigenvalue weighted by molar-refractivity contribution is 7.06. The molecular formula is C13H14N2O2S. The molecule has 0 aliphatic rings. The van der Waals surface area contributed by atoms with Gasteiger partial charge in [0.25, 0.3) is 0 Å². The highest BCUT2D eigenvalue weighted by atomic mass is 32.1. The number of nitrogens with one attached hydrogen (secondary N) is 1. The largest absolute Gasteiger partial charge is 0.496 e. The van der Waals surface area contributed by atoms with E-state index in [1.54, 1.807) is 14.2 Å². The van der Waals surface area contributed by atoms with E-state index in [0.717, 1.165) is 23.3 Å². The average molecular weight is 262 g/mol. The van der Waals surface area contributed by atoms with E-state index in [0.29, 0.717) is 5.70 Å². The van der Waals surface area contributed by atoms with Gasteiger partial charge >= 0.3 is 0 Å². The van der Waals surface area contributed by atoms with Gasteiger partial charge in [-0.25, -0.2) is 0 Å². The van der Waals surface area contributed by atoms with Crippen LogP contribution >= 0.6 is 11.5 Å². The summed E-state index contributed by atoms with van der Waals surface area (Å²) in [6.07, 6.45) is 2.69. The van der Waals surface area contributed by atoms with Gasteiger partial charge in [-0.05, 0) is 12.1 Å². The lowest BCUT2D eigenvalue weighted by Gasteiger charge is -2.16. The van der Waals surface area contributed by atoms with Gasteiger partial charge < -0.3 is 10.1 Å². The summed E-state index contributed by atoms with van der Waals surface area (Å²) in [4.78, 5) is 11.3. The van der Waals surface area contributed by atoms with Crippen LogP contribution in [0.3, 0.4) is 0 Å². The zero-order chi connectivity index (χ0) is 13.0. The molecule has 2 rings (SSSR count). The third-order valence-electron chi connectivity index (χ3n) is 2.60. The Morgan fingerprint density at radius 2 is 2.17 bits per heavy atom. The van der Waals surface area contributed by atoms with Crippen LogP contribution in [0.1, 0.15) is 5.56 Å². The smallest absolute Gasteiger partial charge is 0.169 e. The molecule has 0 radical (unpaired) electrons. The Morgan fingerprint density at radius 3 is 2.67 bits per heavy atom. The van der Waals surface area contributed by atoms with Crippen LogP contribution in [0.2, 0.25) is 0 Å². The van der Waals surface area contributed by atoms with E-state index >= 15 is 0 Å². The van der Waals surface area contributed by atoms with Crippen LogP contribution in [0.4, 0.5) is 0 Å². The number of hydrogen-bond acceptors (Lipinski definition) is 4. The third kappa shape index (κ3) is 2.17. The molecule has 0 aliphatic carbocycles. The van der Waals surface area contributed by atoms with Crippen molar-refractivity contribution in [3.8, 4) is 5.75 Å². The second kappa shape index (κ2) is 5.55. The molecule has 0 bridgehead atoms. The maximum absolute atomic E-state index is 11.3. The van der Waals surface area contributed by atoms with Crippen molar-refractivity contribution >= 4 is 29.2 Å². The lowest BCUT2D eigenvalue weighted by molar-refractivity contribution is -0.103. The number of carbonyl (C=O) groups excluding carboxylic acids is 1. The van der Waals surface area contributed by atoms with Crippen molar-refractivity contribution in [1.82, 2.24) is 9.27 Å². The van der Waals surface area contributed by atoms with E-state index in [2.05, 4.69) is 5.32 Å². The highest BCUT2D eigenvalue weighted by Gasteiger charge is 2.14. The number of aromatic nitrogens is 1. The average Bonchev–Trinajstić information content (AvgIpc) is 2.36. The van der Waals surface area contributed by atoms with Crippen molar-refractivity contribution in [3.63, 3.8) is 0 Å². The van der Waals surface area contributed by atoms with E-state index in [9.17, 15) is 4.79 Å². The van der Waals surface area contributed by atoms with E-state index < -0.39 is 0 Å². The summed E-state index contributed by atoms with van der Waals surface area (Å²) in [6.45, 7) is 0. The lowest BCUT2D eigenvalue weighted by atomic mass is 10.1. The topological polar surface area (TPSA) is 43.3 Å². The SMILES string of the molecule is CN/C(=C(/C=O)n1ccs1)c1ccccc1OC. The Bertz CT molecular complexity index is 560. The van der Waals surface area contributed by atoms with Crippen molar-refractivity contribution < 1.29 is 9.53 Å². The predicted molar refractivity (Wildman–Crippen MR) is 73.5 cm³/mol. The van der Waals surface area contributed by atoms with Crippen LogP contribution in [-0.4, -0.2) is 24.4 Å². The maximum atomic E-state index is 11.3. The number of rotatable bonds is 5. The number of allylic oxidation sites excluding steroid dienone is 1. The predicted octanol–water partition coefficient (Wildman–Crippen LogP) is 2.30. The van der Waals surface area contributed by atoms with Crippen LogP contribution in [0.25, 0.3) is 11.4 Å². The zero-order valence-corrected chi connectivity index (χ0v) is 11.0. The Morgan fingerprint density at radius 1 is 1.44 bits per heavy atom. The van der Waals surface area contributed by atoms with Gasteiger partial charge in [0.1, 0.15) is 11.4 Å². The fourth-order valence-electron chi connectivity index (χ4n) is 1.73. The van der Waals surface area contributed by atoms with Crippen molar-refractivity contribution in [3.05, 3.63) is 41.4 Å². The Hall–Kier alpha value is -2.01. The first-order chi connectivity index (χ1) is 8.81. The molecular weight excluding hydrogens is 248 g/mol. The normalized spacial score (nSPS) is 11.9. The molecule has 0 saturated heterocycles. The Balaban J connectivity index is 2.58. The van der Waals surface area contributed by atoms with Gasteiger partial charge in [-0.3, -0.25) is 8.75 Å². The first-order valence-electron chi connectivity index (χ1n) is 5.45. The Labute approximate surface area is 110 Å². The monoisotopic (exact) mass is 262 g/mol. The lowest BCUT2D eigenvalue weighted by Crippen LogP contribution is -2.12. The van der Waals surface area contributed by atoms with Crippen molar-refractivity contribution in [2.45, 2.75) is 0 Å². The van der Waals surface area contributed by atoms with Gasteiger partial charge in [-0.15, -0.1) is 0 Å². The minimum absolute atomic E-state index is 0.578. The molecule has 0 spiro atoms. The van der Waals surface area contributed by atoms with Crippen molar-refractivity contribution in [1.29, 1.82) is 0 Å². The van der Waals surface area contributed by atoms with E-state index in [-0.39, 0.29) is 0 Å². The fraction of sp³-hybridized carbons (Fsp3) is 0.154. The van der Waals surface area contributed by atoms with Crippen LogP contribution in [0.15, 0.2) is 35.8 Å². The molecule has 94 valence electrons. The second-order valence-corrected chi connectivity index (χ2v) is 4.42. The van der Waals surface area contributed by atoms with Gasteiger partial charge in [-0.1, -0.05) is 23.7 Å². The number of methoxy groups -OCH3 is 1. The molecule has 18 heavy (non-hydrogen) atoms. The molecule has 2 aromatic rings. The summed E-state index contributed by atoms with van der Waals surface area (Å²) in [7, 11) is 3.41. The minimum atomic E-state index is 0.578. The number of benzene rings is 1. The van der Waals surface area contributed by atoms with Gasteiger partial charge in [0, 0.05) is 24.2 Å². The molecule has 1 N–H and O–H groups in total. The summed E-state index contributed by atoms with van der Waals surface area (Å²) in [5, 5.41) is 4.99. The van der Waals surface area contributed by atoms with E-state index in [1.165, 1.54) is 11.5 Å². The summed E-state index contributed by atoms with van der Waals surface area (Å²) in [6, 6.07) is 7.60. The molecule has 0 unspecified atom stereocenters. The summed E-state index contributed by atoms with van der Waals surface area (Å²) in [5.74, 6) is 0.732. The number of para-hydroxylation sites is 1. The standard InChI is InChI=1S/C13H14N2O2S/c1-14-13(11(9-16)15-7-8-18-15)10-5-3-4-6-12(10)17-2/h3-9,14H,1-2H3/b13-11-. The third-order valence-corrected chi connectivity index (χ3v) is 3.39.